The molecule has 0 aliphatic carbocycles. The van der Waals surface area contributed by atoms with Gasteiger partial charge in [-0.1, -0.05) is 12.1 Å². The molecule has 1 aromatic heterocycles. The number of carbonyl (C=O) groups excluding carboxylic acids is 2. The number of amides is 1. The molecule has 0 atom stereocenters. The highest BCUT2D eigenvalue weighted by molar-refractivity contribution is 7.89. The average molecular weight is 481 g/mol. The zero-order valence-corrected chi connectivity index (χ0v) is 20.1. The molecular formula is C22H28N2O6S2. The first-order valence-corrected chi connectivity index (χ1v) is 12.7. The summed E-state index contributed by atoms with van der Waals surface area (Å²) < 4.78 is 37.2. The number of esters is 1. The van der Waals surface area contributed by atoms with Gasteiger partial charge < -0.3 is 14.8 Å². The molecule has 10 heteroatoms. The molecule has 8 nitrogen and oxygen atoms in total. The summed E-state index contributed by atoms with van der Waals surface area (Å²) in [6.07, 6.45) is 0.648. The fourth-order valence-corrected chi connectivity index (χ4v) is 5.85. The lowest BCUT2D eigenvalue weighted by atomic mass is 10.1. The van der Waals surface area contributed by atoms with E-state index in [1.807, 2.05) is 13.8 Å². The van der Waals surface area contributed by atoms with Crippen molar-refractivity contribution in [3.05, 3.63) is 45.8 Å². The van der Waals surface area contributed by atoms with Crippen LogP contribution in [0.25, 0.3) is 0 Å². The molecule has 174 valence electrons. The van der Waals surface area contributed by atoms with Crippen LogP contribution in [0.1, 0.15) is 39.7 Å². The molecule has 1 fully saturated rings. The summed E-state index contributed by atoms with van der Waals surface area (Å²) in [5, 5.41) is 3.32. The molecule has 1 N–H and O–H groups in total. The van der Waals surface area contributed by atoms with Crippen molar-refractivity contribution in [2.45, 2.75) is 38.5 Å². The van der Waals surface area contributed by atoms with E-state index in [-0.39, 0.29) is 23.8 Å². The monoisotopic (exact) mass is 480 g/mol. The smallest absolute Gasteiger partial charge is 0.341 e. The summed E-state index contributed by atoms with van der Waals surface area (Å²) in [4.78, 5) is 25.9. The van der Waals surface area contributed by atoms with E-state index < -0.39 is 16.0 Å². The molecule has 1 aromatic carbocycles. The molecule has 3 rings (SSSR count). The Balaban J connectivity index is 1.61. The van der Waals surface area contributed by atoms with Gasteiger partial charge in [-0.15, -0.1) is 11.3 Å². The third kappa shape index (κ3) is 5.55. The Bertz CT molecular complexity index is 1070. The van der Waals surface area contributed by atoms with Gasteiger partial charge in [0.05, 0.1) is 30.3 Å². The van der Waals surface area contributed by atoms with Gasteiger partial charge in [-0.3, -0.25) is 4.79 Å². The number of nitrogens with zero attached hydrogens (tertiary/aromatic N) is 1. The SMILES string of the molecule is CCOC(=O)c1c(NC(=O)CCc2ccc(S(=O)(=O)N3CCOCC3)cc2)sc(C)c1C. The van der Waals surface area contributed by atoms with E-state index in [1.54, 1.807) is 31.2 Å². The lowest BCUT2D eigenvalue weighted by molar-refractivity contribution is -0.116. The Labute approximate surface area is 192 Å². The second-order valence-electron chi connectivity index (χ2n) is 7.42. The maximum atomic E-state index is 12.7. The van der Waals surface area contributed by atoms with Gasteiger partial charge in [0.15, 0.2) is 0 Å². The number of rotatable bonds is 8. The molecule has 1 saturated heterocycles. The average Bonchev–Trinajstić information content (AvgIpc) is 3.06. The molecule has 2 aromatic rings. The highest BCUT2D eigenvalue weighted by Gasteiger charge is 2.26. The van der Waals surface area contributed by atoms with Crippen molar-refractivity contribution in [1.29, 1.82) is 0 Å². The van der Waals surface area contributed by atoms with Crippen LogP contribution >= 0.6 is 11.3 Å². The predicted molar refractivity (Wildman–Crippen MR) is 123 cm³/mol. The summed E-state index contributed by atoms with van der Waals surface area (Å²) in [5.74, 6) is -0.663. The topological polar surface area (TPSA) is 102 Å². The summed E-state index contributed by atoms with van der Waals surface area (Å²) >= 11 is 1.35. The normalized spacial score (nSPS) is 14.8. The van der Waals surface area contributed by atoms with E-state index >= 15 is 0 Å². The Hall–Kier alpha value is -2.27. The van der Waals surface area contributed by atoms with Crippen LogP contribution < -0.4 is 5.32 Å². The van der Waals surface area contributed by atoms with Crippen molar-refractivity contribution < 1.29 is 27.5 Å². The largest absolute Gasteiger partial charge is 0.462 e. The van der Waals surface area contributed by atoms with E-state index in [0.717, 1.165) is 16.0 Å². The number of hydrogen-bond donors (Lipinski definition) is 1. The third-order valence-corrected chi connectivity index (χ3v) is 8.33. The van der Waals surface area contributed by atoms with Gasteiger partial charge in [0, 0.05) is 24.4 Å². The lowest BCUT2D eigenvalue weighted by Gasteiger charge is -2.26. The number of ether oxygens (including phenoxy) is 2. The number of benzene rings is 1. The molecule has 0 bridgehead atoms. The fraction of sp³-hybridized carbons (Fsp3) is 0.455. The van der Waals surface area contributed by atoms with Crippen LogP contribution in [0.15, 0.2) is 29.2 Å². The molecule has 0 saturated carbocycles. The quantitative estimate of drug-likeness (QED) is 0.583. The number of carbonyl (C=O) groups is 2. The van der Waals surface area contributed by atoms with Gasteiger partial charge in [-0.05, 0) is 50.5 Å². The minimum absolute atomic E-state index is 0.202. The molecule has 1 aliphatic rings. The first-order chi connectivity index (χ1) is 15.2. The molecule has 0 radical (unpaired) electrons. The number of anilines is 1. The van der Waals surface area contributed by atoms with Crippen LogP contribution in [-0.2, 0) is 30.7 Å². The van der Waals surface area contributed by atoms with Gasteiger partial charge >= 0.3 is 5.97 Å². The van der Waals surface area contributed by atoms with Crippen LogP contribution in [0, 0.1) is 13.8 Å². The van der Waals surface area contributed by atoms with Gasteiger partial charge in [0.25, 0.3) is 0 Å². The van der Waals surface area contributed by atoms with Crippen molar-refractivity contribution in [3.63, 3.8) is 0 Å². The van der Waals surface area contributed by atoms with Crippen molar-refractivity contribution in [3.8, 4) is 0 Å². The molecule has 2 heterocycles. The van der Waals surface area contributed by atoms with Gasteiger partial charge in [0.1, 0.15) is 5.00 Å². The molecular weight excluding hydrogens is 452 g/mol. The minimum Gasteiger partial charge on any atom is -0.462 e. The number of aryl methyl sites for hydroxylation is 2. The van der Waals surface area contributed by atoms with E-state index in [1.165, 1.54) is 15.6 Å². The Morgan fingerprint density at radius 3 is 2.44 bits per heavy atom. The zero-order chi connectivity index (χ0) is 23.3. The van der Waals surface area contributed by atoms with E-state index in [2.05, 4.69) is 5.32 Å². The maximum absolute atomic E-state index is 12.7. The zero-order valence-electron chi connectivity index (χ0n) is 18.5. The van der Waals surface area contributed by atoms with Crippen molar-refractivity contribution in [2.75, 3.05) is 38.2 Å². The standard InChI is InChI=1S/C22H28N2O6S2/c1-4-30-22(26)20-15(2)16(3)31-21(20)23-19(25)10-7-17-5-8-18(9-6-17)32(27,28)24-11-13-29-14-12-24/h5-6,8-9H,4,7,10-14H2,1-3H3,(H,23,25). The second kappa shape index (κ2) is 10.6. The highest BCUT2D eigenvalue weighted by Crippen LogP contribution is 2.33. The first-order valence-electron chi connectivity index (χ1n) is 10.5. The predicted octanol–water partition coefficient (Wildman–Crippen LogP) is 3.13. The van der Waals surface area contributed by atoms with Crippen LogP contribution in [0.3, 0.4) is 0 Å². The number of nitrogens with one attached hydrogen (secondary N) is 1. The van der Waals surface area contributed by atoms with E-state index in [4.69, 9.17) is 9.47 Å². The van der Waals surface area contributed by atoms with Gasteiger partial charge in [-0.2, -0.15) is 4.31 Å². The fourth-order valence-electron chi connectivity index (χ4n) is 3.38. The van der Waals surface area contributed by atoms with Crippen LogP contribution in [-0.4, -0.2) is 57.5 Å². The Morgan fingerprint density at radius 2 is 1.81 bits per heavy atom. The maximum Gasteiger partial charge on any atom is 0.341 e. The van der Waals surface area contributed by atoms with Crippen LogP contribution in [0.2, 0.25) is 0 Å². The van der Waals surface area contributed by atoms with Gasteiger partial charge in [-0.25, -0.2) is 13.2 Å². The first kappa shape index (κ1) is 24.4. The number of thiophene rings is 1. The Kier molecular flexibility index (Phi) is 8.05. The number of sulfonamides is 1. The van der Waals surface area contributed by atoms with E-state index in [9.17, 15) is 18.0 Å². The molecule has 1 amide bonds. The van der Waals surface area contributed by atoms with Crippen molar-refractivity contribution in [1.82, 2.24) is 4.31 Å². The second-order valence-corrected chi connectivity index (χ2v) is 10.6. The lowest BCUT2D eigenvalue weighted by Crippen LogP contribution is -2.40. The summed E-state index contributed by atoms with van der Waals surface area (Å²) in [7, 11) is -3.54. The van der Waals surface area contributed by atoms with Crippen LogP contribution in [0.4, 0.5) is 5.00 Å². The molecule has 1 aliphatic heterocycles. The number of morpholine rings is 1. The third-order valence-electron chi connectivity index (χ3n) is 5.29. The summed E-state index contributed by atoms with van der Waals surface area (Å²) in [6, 6.07) is 6.60. The highest BCUT2D eigenvalue weighted by atomic mass is 32.2. The molecule has 0 unspecified atom stereocenters. The molecule has 0 spiro atoms. The summed E-state index contributed by atoms with van der Waals surface area (Å²) in [5.41, 5.74) is 2.06. The van der Waals surface area contributed by atoms with Gasteiger partial charge in [0.2, 0.25) is 15.9 Å². The Morgan fingerprint density at radius 1 is 1.16 bits per heavy atom. The van der Waals surface area contributed by atoms with E-state index in [0.29, 0.717) is 43.3 Å². The number of hydrogen-bond acceptors (Lipinski definition) is 7. The van der Waals surface area contributed by atoms with Crippen molar-refractivity contribution in [2.24, 2.45) is 0 Å². The molecule has 32 heavy (non-hydrogen) atoms. The summed E-state index contributed by atoms with van der Waals surface area (Å²) in [6.45, 7) is 7.21. The van der Waals surface area contributed by atoms with Crippen molar-refractivity contribution >= 4 is 38.2 Å². The van der Waals surface area contributed by atoms with Crippen LogP contribution in [0.5, 0.6) is 0 Å². The minimum atomic E-state index is -3.54.